The minimum Gasteiger partial charge on any atom is -0.465 e. The zero-order valence-electron chi connectivity index (χ0n) is 8.24. The summed E-state index contributed by atoms with van der Waals surface area (Å²) < 4.78 is 4.58. The van der Waals surface area contributed by atoms with Gasteiger partial charge in [0.25, 0.3) is 0 Å². The molecule has 0 aliphatic carbocycles. The van der Waals surface area contributed by atoms with Gasteiger partial charge >= 0.3 is 5.97 Å². The lowest BCUT2D eigenvalue weighted by molar-refractivity contribution is 0.0600. The van der Waals surface area contributed by atoms with E-state index in [1.54, 1.807) is 12.1 Å². The first-order valence-corrected chi connectivity index (χ1v) is 4.38. The lowest BCUT2D eigenvalue weighted by atomic mass is 10.0. The SMILES string of the molecule is CCc1cc(C=O)cc(C(=O)OC)c1. The molecule has 0 bridgehead atoms. The van der Waals surface area contributed by atoms with Gasteiger partial charge in [-0.2, -0.15) is 0 Å². The lowest BCUT2D eigenvalue weighted by Crippen LogP contribution is -2.03. The second kappa shape index (κ2) is 4.56. The molecule has 0 aromatic heterocycles. The Labute approximate surface area is 82.7 Å². The fraction of sp³-hybridized carbons (Fsp3) is 0.273. The van der Waals surface area contributed by atoms with Crippen LogP contribution in [0.15, 0.2) is 18.2 Å². The summed E-state index contributed by atoms with van der Waals surface area (Å²) in [6.07, 6.45) is 1.51. The van der Waals surface area contributed by atoms with Crippen molar-refractivity contribution in [1.82, 2.24) is 0 Å². The quantitative estimate of drug-likeness (QED) is 0.542. The predicted octanol–water partition coefficient (Wildman–Crippen LogP) is 1.85. The van der Waals surface area contributed by atoms with Gasteiger partial charge in [-0.1, -0.05) is 6.92 Å². The van der Waals surface area contributed by atoms with Gasteiger partial charge in [-0.25, -0.2) is 4.79 Å². The Kier molecular flexibility index (Phi) is 3.40. The van der Waals surface area contributed by atoms with Crippen molar-refractivity contribution in [2.45, 2.75) is 13.3 Å². The van der Waals surface area contributed by atoms with Gasteiger partial charge in [0, 0.05) is 5.56 Å². The molecule has 74 valence electrons. The molecule has 0 saturated carbocycles. The molecule has 1 aromatic rings. The Morgan fingerprint density at radius 2 is 2.14 bits per heavy atom. The van der Waals surface area contributed by atoms with E-state index >= 15 is 0 Å². The van der Waals surface area contributed by atoms with Crippen LogP contribution in [0, 0.1) is 0 Å². The van der Waals surface area contributed by atoms with Crippen molar-refractivity contribution in [2.24, 2.45) is 0 Å². The van der Waals surface area contributed by atoms with Crippen molar-refractivity contribution in [3.05, 3.63) is 34.9 Å². The van der Waals surface area contributed by atoms with E-state index in [-0.39, 0.29) is 0 Å². The third-order valence-corrected chi connectivity index (χ3v) is 1.98. The van der Waals surface area contributed by atoms with E-state index in [0.29, 0.717) is 11.1 Å². The van der Waals surface area contributed by atoms with Gasteiger partial charge in [0.2, 0.25) is 0 Å². The van der Waals surface area contributed by atoms with Gasteiger partial charge in [0.1, 0.15) is 6.29 Å². The normalized spacial score (nSPS) is 9.57. The first-order chi connectivity index (χ1) is 6.71. The Hall–Kier alpha value is -1.64. The molecule has 0 saturated heterocycles. The van der Waals surface area contributed by atoms with Crippen molar-refractivity contribution in [2.75, 3.05) is 7.11 Å². The molecule has 1 rings (SSSR count). The summed E-state index contributed by atoms with van der Waals surface area (Å²) >= 11 is 0. The van der Waals surface area contributed by atoms with Crippen molar-refractivity contribution in [3.63, 3.8) is 0 Å². The summed E-state index contributed by atoms with van der Waals surface area (Å²) in [5, 5.41) is 0. The van der Waals surface area contributed by atoms with Crippen molar-refractivity contribution < 1.29 is 14.3 Å². The highest BCUT2D eigenvalue weighted by Gasteiger charge is 2.07. The highest BCUT2D eigenvalue weighted by atomic mass is 16.5. The molecular formula is C11H12O3. The van der Waals surface area contributed by atoms with E-state index in [1.807, 2.05) is 6.92 Å². The molecule has 0 fully saturated rings. The maximum atomic E-state index is 11.2. The van der Waals surface area contributed by atoms with Crippen LogP contribution in [0.5, 0.6) is 0 Å². The van der Waals surface area contributed by atoms with E-state index < -0.39 is 5.97 Å². The largest absolute Gasteiger partial charge is 0.465 e. The van der Waals surface area contributed by atoms with Crippen LogP contribution in [0.3, 0.4) is 0 Å². The summed E-state index contributed by atoms with van der Waals surface area (Å²) in [5.41, 5.74) is 1.88. The number of hydrogen-bond donors (Lipinski definition) is 0. The Morgan fingerprint density at radius 3 is 2.64 bits per heavy atom. The smallest absolute Gasteiger partial charge is 0.337 e. The number of benzene rings is 1. The number of aldehydes is 1. The van der Waals surface area contributed by atoms with E-state index in [2.05, 4.69) is 4.74 Å². The molecule has 0 N–H and O–H groups in total. The minimum atomic E-state index is -0.414. The minimum absolute atomic E-state index is 0.414. The number of methoxy groups -OCH3 is 1. The summed E-state index contributed by atoms with van der Waals surface area (Å²) in [6, 6.07) is 5.02. The Morgan fingerprint density at radius 1 is 1.43 bits per heavy atom. The number of rotatable bonds is 3. The van der Waals surface area contributed by atoms with Crippen LogP contribution in [0.25, 0.3) is 0 Å². The van der Waals surface area contributed by atoms with Gasteiger partial charge in [-0.05, 0) is 30.2 Å². The van der Waals surface area contributed by atoms with Crippen LogP contribution in [-0.2, 0) is 11.2 Å². The van der Waals surface area contributed by atoms with Crippen LogP contribution >= 0.6 is 0 Å². The van der Waals surface area contributed by atoms with Gasteiger partial charge in [0.05, 0.1) is 12.7 Å². The summed E-state index contributed by atoms with van der Waals surface area (Å²) in [4.78, 5) is 21.8. The molecule has 0 spiro atoms. The van der Waals surface area contributed by atoms with E-state index in [1.165, 1.54) is 13.2 Å². The van der Waals surface area contributed by atoms with Crippen molar-refractivity contribution in [3.8, 4) is 0 Å². The maximum Gasteiger partial charge on any atom is 0.337 e. The van der Waals surface area contributed by atoms with Gasteiger partial charge in [0.15, 0.2) is 0 Å². The van der Waals surface area contributed by atoms with Gasteiger partial charge < -0.3 is 4.74 Å². The topological polar surface area (TPSA) is 43.4 Å². The monoisotopic (exact) mass is 192 g/mol. The third-order valence-electron chi connectivity index (χ3n) is 1.98. The number of carbonyl (C=O) groups is 2. The maximum absolute atomic E-state index is 11.2. The molecule has 3 nitrogen and oxygen atoms in total. The van der Waals surface area contributed by atoms with Crippen LogP contribution in [-0.4, -0.2) is 19.4 Å². The number of aryl methyl sites for hydroxylation is 1. The Bertz CT molecular complexity index is 356. The second-order valence-corrected chi connectivity index (χ2v) is 2.93. The first-order valence-electron chi connectivity index (χ1n) is 4.38. The van der Waals surface area contributed by atoms with Crippen molar-refractivity contribution in [1.29, 1.82) is 0 Å². The standard InChI is InChI=1S/C11H12O3/c1-3-8-4-9(7-12)6-10(5-8)11(13)14-2/h4-7H,3H2,1-2H3. The van der Waals surface area contributed by atoms with Crippen LogP contribution < -0.4 is 0 Å². The number of hydrogen-bond acceptors (Lipinski definition) is 3. The van der Waals surface area contributed by atoms with Crippen LogP contribution in [0.2, 0.25) is 0 Å². The lowest BCUT2D eigenvalue weighted by Gasteiger charge is -2.03. The third kappa shape index (κ3) is 2.19. The fourth-order valence-electron chi connectivity index (χ4n) is 1.23. The fourth-order valence-corrected chi connectivity index (χ4v) is 1.23. The van der Waals surface area contributed by atoms with Crippen molar-refractivity contribution >= 4 is 12.3 Å². The molecule has 1 aromatic carbocycles. The number of carbonyl (C=O) groups excluding carboxylic acids is 2. The summed E-state index contributed by atoms with van der Waals surface area (Å²) in [5.74, 6) is -0.414. The molecule has 14 heavy (non-hydrogen) atoms. The predicted molar refractivity (Wildman–Crippen MR) is 52.5 cm³/mol. The molecule has 3 heteroatoms. The summed E-state index contributed by atoms with van der Waals surface area (Å²) in [6.45, 7) is 1.96. The highest BCUT2D eigenvalue weighted by molar-refractivity contribution is 5.91. The summed E-state index contributed by atoms with van der Waals surface area (Å²) in [7, 11) is 1.32. The molecular weight excluding hydrogens is 180 g/mol. The van der Waals surface area contributed by atoms with Crippen LogP contribution in [0.1, 0.15) is 33.2 Å². The van der Waals surface area contributed by atoms with Crippen LogP contribution in [0.4, 0.5) is 0 Å². The zero-order chi connectivity index (χ0) is 10.6. The Balaban J connectivity index is 3.16. The molecule has 0 aliphatic heterocycles. The molecule has 0 heterocycles. The molecule has 0 atom stereocenters. The molecule has 0 aliphatic rings. The van der Waals surface area contributed by atoms with E-state index in [0.717, 1.165) is 18.3 Å². The van der Waals surface area contributed by atoms with Gasteiger partial charge in [-0.15, -0.1) is 0 Å². The number of ether oxygens (including phenoxy) is 1. The highest BCUT2D eigenvalue weighted by Crippen LogP contribution is 2.10. The average molecular weight is 192 g/mol. The second-order valence-electron chi connectivity index (χ2n) is 2.93. The average Bonchev–Trinajstić information content (AvgIpc) is 2.27. The zero-order valence-corrected chi connectivity index (χ0v) is 8.24. The van der Waals surface area contributed by atoms with Gasteiger partial charge in [-0.3, -0.25) is 4.79 Å². The molecule has 0 unspecified atom stereocenters. The number of esters is 1. The van der Waals surface area contributed by atoms with E-state index in [4.69, 9.17) is 0 Å². The molecule has 0 amide bonds. The molecule has 0 radical (unpaired) electrons. The van der Waals surface area contributed by atoms with E-state index in [9.17, 15) is 9.59 Å². The first kappa shape index (κ1) is 10.4.